The SMILES string of the molecule is CC(Cl)c1nc2cc(F)c(Br)cc2n1CCN(C)C. The van der Waals surface area contributed by atoms with Crippen molar-refractivity contribution in [3.63, 3.8) is 0 Å². The molecule has 1 atom stereocenters. The van der Waals surface area contributed by atoms with Crippen molar-refractivity contribution in [2.24, 2.45) is 0 Å². The van der Waals surface area contributed by atoms with Gasteiger partial charge in [0.05, 0.1) is 20.9 Å². The smallest absolute Gasteiger partial charge is 0.139 e. The van der Waals surface area contributed by atoms with E-state index >= 15 is 0 Å². The number of halogens is 3. The van der Waals surface area contributed by atoms with Gasteiger partial charge in [-0.3, -0.25) is 0 Å². The molecule has 1 heterocycles. The molecule has 0 radical (unpaired) electrons. The highest BCUT2D eigenvalue weighted by atomic mass is 79.9. The zero-order valence-corrected chi connectivity index (χ0v) is 13.5. The molecule has 0 amide bonds. The van der Waals surface area contributed by atoms with Gasteiger partial charge >= 0.3 is 0 Å². The Kier molecular flexibility index (Phi) is 4.48. The van der Waals surface area contributed by atoms with Crippen LogP contribution >= 0.6 is 27.5 Å². The molecule has 0 saturated carbocycles. The van der Waals surface area contributed by atoms with Gasteiger partial charge in [-0.25, -0.2) is 9.37 Å². The van der Waals surface area contributed by atoms with Gasteiger partial charge in [-0.05, 0) is 43.0 Å². The summed E-state index contributed by atoms with van der Waals surface area (Å²) in [5.74, 6) is 0.467. The number of hydrogen-bond acceptors (Lipinski definition) is 2. The topological polar surface area (TPSA) is 21.1 Å². The molecule has 2 aromatic rings. The van der Waals surface area contributed by atoms with Crippen LogP contribution in [0.3, 0.4) is 0 Å². The molecule has 0 bridgehead atoms. The maximum atomic E-state index is 13.6. The number of rotatable bonds is 4. The summed E-state index contributed by atoms with van der Waals surface area (Å²) in [6.07, 6.45) is 0. The second-order valence-corrected chi connectivity index (χ2v) is 6.30. The molecule has 1 aromatic heterocycles. The number of alkyl halides is 1. The third-order valence-electron chi connectivity index (χ3n) is 2.95. The number of nitrogens with zero attached hydrogens (tertiary/aromatic N) is 3. The monoisotopic (exact) mass is 347 g/mol. The molecule has 6 heteroatoms. The quantitative estimate of drug-likeness (QED) is 0.784. The van der Waals surface area contributed by atoms with Gasteiger partial charge < -0.3 is 9.47 Å². The molecule has 0 N–H and O–H groups in total. The van der Waals surface area contributed by atoms with E-state index in [1.807, 2.05) is 21.0 Å². The zero-order chi connectivity index (χ0) is 14.2. The number of imidazole rings is 1. The van der Waals surface area contributed by atoms with Crippen molar-refractivity contribution < 1.29 is 4.39 Å². The fourth-order valence-electron chi connectivity index (χ4n) is 1.98. The summed E-state index contributed by atoms with van der Waals surface area (Å²) in [7, 11) is 4.02. The second kappa shape index (κ2) is 5.77. The van der Waals surface area contributed by atoms with Crippen LogP contribution in [0.1, 0.15) is 18.1 Å². The molecule has 1 aromatic carbocycles. The highest BCUT2D eigenvalue weighted by Gasteiger charge is 2.16. The maximum Gasteiger partial charge on any atom is 0.139 e. The number of hydrogen-bond donors (Lipinski definition) is 0. The summed E-state index contributed by atoms with van der Waals surface area (Å²) in [5.41, 5.74) is 1.54. The third kappa shape index (κ3) is 3.09. The molecule has 0 aliphatic heterocycles. The molecule has 0 fully saturated rings. The molecule has 1 unspecified atom stereocenters. The van der Waals surface area contributed by atoms with Gasteiger partial charge in [0.1, 0.15) is 11.6 Å². The Morgan fingerprint density at radius 3 is 2.74 bits per heavy atom. The molecular formula is C13H16BrClFN3. The van der Waals surface area contributed by atoms with Crippen molar-refractivity contribution in [3.8, 4) is 0 Å². The predicted octanol–water partition coefficient (Wildman–Crippen LogP) is 3.80. The minimum Gasteiger partial charge on any atom is -0.325 e. The number of aromatic nitrogens is 2. The van der Waals surface area contributed by atoms with E-state index in [1.54, 1.807) is 6.07 Å². The van der Waals surface area contributed by atoms with Crippen LogP contribution in [0.25, 0.3) is 11.0 Å². The van der Waals surface area contributed by atoms with Crippen molar-refractivity contribution in [3.05, 3.63) is 28.2 Å². The maximum absolute atomic E-state index is 13.6. The van der Waals surface area contributed by atoms with Crippen molar-refractivity contribution in [1.82, 2.24) is 14.5 Å². The van der Waals surface area contributed by atoms with E-state index in [-0.39, 0.29) is 11.2 Å². The van der Waals surface area contributed by atoms with Gasteiger partial charge in [0, 0.05) is 19.2 Å². The average Bonchev–Trinajstić information content (AvgIpc) is 2.65. The van der Waals surface area contributed by atoms with Crippen LogP contribution in [0, 0.1) is 5.82 Å². The van der Waals surface area contributed by atoms with Crippen LogP contribution in [0.15, 0.2) is 16.6 Å². The van der Waals surface area contributed by atoms with Gasteiger partial charge in [-0.15, -0.1) is 11.6 Å². The Morgan fingerprint density at radius 1 is 1.47 bits per heavy atom. The van der Waals surface area contributed by atoms with Gasteiger partial charge in [0.2, 0.25) is 0 Å². The largest absolute Gasteiger partial charge is 0.325 e. The first-order valence-corrected chi connectivity index (χ1v) is 7.27. The summed E-state index contributed by atoms with van der Waals surface area (Å²) in [6, 6.07) is 3.20. The lowest BCUT2D eigenvalue weighted by Gasteiger charge is -2.14. The first-order chi connectivity index (χ1) is 8.90. The average molecular weight is 349 g/mol. The van der Waals surface area contributed by atoms with Crippen molar-refractivity contribution in [2.45, 2.75) is 18.8 Å². The van der Waals surface area contributed by atoms with E-state index in [0.717, 1.165) is 24.4 Å². The van der Waals surface area contributed by atoms with Gasteiger partial charge in [-0.2, -0.15) is 0 Å². The van der Waals surface area contributed by atoms with Gasteiger partial charge in [0.25, 0.3) is 0 Å². The van der Waals surface area contributed by atoms with E-state index in [1.165, 1.54) is 6.07 Å². The normalized spacial score (nSPS) is 13.4. The van der Waals surface area contributed by atoms with Crippen LogP contribution in [-0.4, -0.2) is 35.1 Å². The Hall–Kier alpha value is -0.650. The number of benzene rings is 1. The van der Waals surface area contributed by atoms with E-state index in [9.17, 15) is 4.39 Å². The summed E-state index contributed by atoms with van der Waals surface area (Å²) in [5, 5.41) is -0.212. The number of likely N-dealkylation sites (N-methyl/N-ethyl adjacent to an activating group) is 1. The summed E-state index contributed by atoms with van der Waals surface area (Å²) >= 11 is 9.39. The fraction of sp³-hybridized carbons (Fsp3) is 0.462. The Morgan fingerprint density at radius 2 is 2.16 bits per heavy atom. The van der Waals surface area contributed by atoms with Crippen molar-refractivity contribution in [2.75, 3.05) is 20.6 Å². The first-order valence-electron chi connectivity index (χ1n) is 6.04. The highest BCUT2D eigenvalue weighted by molar-refractivity contribution is 9.10. The minimum absolute atomic E-state index is 0.212. The first kappa shape index (κ1) is 14.8. The lowest BCUT2D eigenvalue weighted by molar-refractivity contribution is 0.383. The van der Waals surface area contributed by atoms with Gasteiger partial charge in [0.15, 0.2) is 0 Å². The number of fused-ring (bicyclic) bond motifs is 1. The van der Waals surface area contributed by atoms with Crippen molar-refractivity contribution in [1.29, 1.82) is 0 Å². The Labute approximate surface area is 125 Å². The fourth-order valence-corrected chi connectivity index (χ4v) is 2.48. The van der Waals surface area contributed by atoms with E-state index in [0.29, 0.717) is 9.99 Å². The molecule has 3 nitrogen and oxygen atoms in total. The molecular weight excluding hydrogens is 333 g/mol. The van der Waals surface area contributed by atoms with E-state index in [4.69, 9.17) is 11.6 Å². The van der Waals surface area contributed by atoms with Crippen LogP contribution in [0.5, 0.6) is 0 Å². The second-order valence-electron chi connectivity index (χ2n) is 4.80. The molecule has 0 saturated heterocycles. The van der Waals surface area contributed by atoms with Crippen molar-refractivity contribution >= 4 is 38.6 Å². The molecule has 0 aliphatic carbocycles. The Balaban J connectivity index is 2.55. The van der Waals surface area contributed by atoms with Gasteiger partial charge in [-0.1, -0.05) is 0 Å². The predicted molar refractivity (Wildman–Crippen MR) is 80.2 cm³/mol. The molecule has 19 heavy (non-hydrogen) atoms. The Bertz CT molecular complexity index is 595. The lowest BCUT2D eigenvalue weighted by atomic mass is 10.3. The minimum atomic E-state index is -0.307. The van der Waals surface area contributed by atoms with Crippen LogP contribution in [-0.2, 0) is 6.54 Å². The molecule has 0 aliphatic rings. The zero-order valence-electron chi connectivity index (χ0n) is 11.1. The lowest BCUT2D eigenvalue weighted by Crippen LogP contribution is -2.19. The summed E-state index contributed by atoms with van der Waals surface area (Å²) < 4.78 is 16.1. The highest BCUT2D eigenvalue weighted by Crippen LogP contribution is 2.28. The summed E-state index contributed by atoms with van der Waals surface area (Å²) in [4.78, 5) is 6.53. The van der Waals surface area contributed by atoms with E-state index < -0.39 is 0 Å². The summed E-state index contributed by atoms with van der Waals surface area (Å²) in [6.45, 7) is 3.52. The molecule has 0 spiro atoms. The molecule has 104 valence electrons. The third-order valence-corrected chi connectivity index (χ3v) is 3.75. The van der Waals surface area contributed by atoms with Crippen LogP contribution < -0.4 is 0 Å². The van der Waals surface area contributed by atoms with Crippen LogP contribution in [0.4, 0.5) is 4.39 Å². The van der Waals surface area contributed by atoms with E-state index in [2.05, 4.69) is 30.4 Å². The standard InChI is InChI=1S/C13H16BrClFN3/c1-8(15)13-17-11-7-10(16)9(14)6-12(11)19(13)5-4-18(2)3/h6-8H,4-5H2,1-3H3. The van der Waals surface area contributed by atoms with Crippen LogP contribution in [0.2, 0.25) is 0 Å². The molecule has 2 rings (SSSR count).